The van der Waals surface area contributed by atoms with Gasteiger partial charge in [-0.15, -0.1) is 0 Å². The number of piperazine rings is 1. The molecular weight excluding hydrogens is 390 g/mol. The first-order valence-corrected chi connectivity index (χ1v) is 10.7. The average Bonchev–Trinajstić information content (AvgIpc) is 2.76. The Morgan fingerprint density at radius 3 is 2.65 bits per heavy atom. The summed E-state index contributed by atoms with van der Waals surface area (Å²) in [4.78, 5) is 33.0. The topological polar surface area (TPSA) is 73.7 Å². The number of amides is 2. The number of fused-ring (bicyclic) bond motifs is 1. The van der Waals surface area contributed by atoms with Gasteiger partial charge in [-0.1, -0.05) is 43.9 Å². The van der Waals surface area contributed by atoms with Crippen molar-refractivity contribution in [2.45, 2.75) is 38.3 Å². The van der Waals surface area contributed by atoms with Gasteiger partial charge in [0, 0.05) is 30.6 Å². The Bertz CT molecular complexity index is 1010. The first-order valence-electron chi connectivity index (χ1n) is 10.7. The van der Waals surface area contributed by atoms with E-state index in [1.807, 2.05) is 24.3 Å². The quantitative estimate of drug-likeness (QED) is 0.775. The maximum atomic E-state index is 12.8. The van der Waals surface area contributed by atoms with Gasteiger partial charge in [0.2, 0.25) is 5.91 Å². The molecule has 2 saturated heterocycles. The molecule has 1 aromatic heterocycles. The van der Waals surface area contributed by atoms with Crippen LogP contribution in [-0.4, -0.2) is 63.5 Å². The Morgan fingerprint density at radius 1 is 1.23 bits per heavy atom. The Balaban J connectivity index is 1.52. The van der Waals surface area contributed by atoms with Crippen molar-refractivity contribution in [3.8, 4) is 11.8 Å². The molecule has 3 heterocycles. The fourth-order valence-electron chi connectivity index (χ4n) is 4.45. The number of rotatable bonds is 4. The van der Waals surface area contributed by atoms with Gasteiger partial charge in [0.1, 0.15) is 12.2 Å². The summed E-state index contributed by atoms with van der Waals surface area (Å²) >= 11 is 0. The van der Waals surface area contributed by atoms with E-state index in [4.69, 9.17) is 0 Å². The van der Waals surface area contributed by atoms with Gasteiger partial charge < -0.3 is 14.9 Å². The largest absolute Gasteiger partial charge is 0.394 e. The second kappa shape index (κ2) is 8.91. The van der Waals surface area contributed by atoms with E-state index in [2.05, 4.69) is 30.7 Å². The van der Waals surface area contributed by atoms with E-state index in [0.29, 0.717) is 18.2 Å². The maximum Gasteiger partial charge on any atom is 0.272 e. The molecule has 0 unspecified atom stereocenters. The van der Waals surface area contributed by atoms with Crippen LogP contribution in [0.5, 0.6) is 0 Å². The second-order valence-electron chi connectivity index (χ2n) is 8.57. The molecule has 6 heteroatoms. The van der Waals surface area contributed by atoms with Crippen LogP contribution < -0.4 is 0 Å². The van der Waals surface area contributed by atoms with Crippen molar-refractivity contribution < 1.29 is 14.7 Å². The van der Waals surface area contributed by atoms with Crippen LogP contribution in [0.1, 0.15) is 47.8 Å². The summed E-state index contributed by atoms with van der Waals surface area (Å²) in [5, 5.41) is 9.94. The molecule has 31 heavy (non-hydrogen) atoms. The second-order valence-corrected chi connectivity index (χ2v) is 8.57. The van der Waals surface area contributed by atoms with Gasteiger partial charge >= 0.3 is 0 Å². The van der Waals surface area contributed by atoms with Gasteiger partial charge in [-0.3, -0.25) is 14.6 Å². The van der Waals surface area contributed by atoms with E-state index in [1.54, 1.807) is 34.2 Å². The molecule has 2 amide bonds. The normalized spacial score (nSPS) is 22.5. The molecule has 2 aromatic rings. The highest BCUT2D eigenvalue weighted by Gasteiger charge is 2.54. The number of nitrogens with zero attached hydrogens (tertiary/aromatic N) is 3. The molecule has 0 saturated carbocycles. The van der Waals surface area contributed by atoms with E-state index in [-0.39, 0.29) is 43.0 Å². The lowest BCUT2D eigenvalue weighted by atomic mass is 9.73. The monoisotopic (exact) mass is 417 g/mol. The van der Waals surface area contributed by atoms with Crippen LogP contribution in [0.2, 0.25) is 0 Å². The molecular formula is C25H27N3O3. The van der Waals surface area contributed by atoms with Crippen LogP contribution in [0.15, 0.2) is 48.7 Å². The Kier molecular flexibility index (Phi) is 6.06. The van der Waals surface area contributed by atoms with Crippen LogP contribution in [0.25, 0.3) is 0 Å². The van der Waals surface area contributed by atoms with Crippen LogP contribution in [-0.2, 0) is 4.79 Å². The molecule has 160 valence electrons. The number of hydrogen-bond donors (Lipinski definition) is 1. The average molecular weight is 418 g/mol. The summed E-state index contributed by atoms with van der Waals surface area (Å²) in [6, 6.07) is 12.8. The number of carbonyl (C=O) groups excluding carboxylic acids is 2. The molecule has 1 N–H and O–H groups in total. The van der Waals surface area contributed by atoms with Crippen molar-refractivity contribution in [3.63, 3.8) is 0 Å². The first kappa shape index (κ1) is 21.1. The minimum atomic E-state index is -0.262. The van der Waals surface area contributed by atoms with Gasteiger partial charge in [0.25, 0.3) is 5.91 Å². The lowest BCUT2D eigenvalue weighted by molar-refractivity contribution is -0.159. The third kappa shape index (κ3) is 4.19. The minimum Gasteiger partial charge on any atom is -0.394 e. The van der Waals surface area contributed by atoms with Crippen LogP contribution in [0.4, 0.5) is 0 Å². The van der Waals surface area contributed by atoms with Gasteiger partial charge in [0.05, 0.1) is 18.7 Å². The molecule has 0 bridgehead atoms. The zero-order valence-electron chi connectivity index (χ0n) is 17.9. The van der Waals surface area contributed by atoms with E-state index >= 15 is 0 Å². The maximum absolute atomic E-state index is 12.8. The van der Waals surface area contributed by atoms with Crippen molar-refractivity contribution >= 4 is 11.8 Å². The Morgan fingerprint density at radius 2 is 2.00 bits per heavy atom. The molecule has 4 rings (SSSR count). The standard InChI is InChI=1S/C25H27N3O3/c1-17(2)6-5-7-18-9-11-19(12-10-18)24-21-14-27(15-23(30)28(21)22(24)16-29)25(31)20-8-3-4-13-26-20/h3-4,8-13,17,21-22,24,29H,6,14-16H2,1-2H3/t21-,22+,24-/m0/s1. The van der Waals surface area contributed by atoms with E-state index in [9.17, 15) is 14.7 Å². The number of aliphatic hydroxyl groups is 1. The van der Waals surface area contributed by atoms with E-state index < -0.39 is 0 Å². The van der Waals surface area contributed by atoms with Crippen molar-refractivity contribution in [1.29, 1.82) is 0 Å². The first-order chi connectivity index (χ1) is 15.0. The van der Waals surface area contributed by atoms with E-state index in [0.717, 1.165) is 17.5 Å². The smallest absolute Gasteiger partial charge is 0.272 e. The molecule has 2 aliphatic rings. The predicted octanol–water partition coefficient (Wildman–Crippen LogP) is 2.29. The van der Waals surface area contributed by atoms with Gasteiger partial charge in [-0.25, -0.2) is 0 Å². The summed E-state index contributed by atoms with van der Waals surface area (Å²) in [6.45, 7) is 4.62. The molecule has 2 aliphatic heterocycles. The fraction of sp³-hybridized carbons (Fsp3) is 0.400. The van der Waals surface area contributed by atoms with Crippen molar-refractivity contribution in [2.75, 3.05) is 19.7 Å². The molecule has 3 atom stereocenters. The third-order valence-corrected chi connectivity index (χ3v) is 5.96. The Hall–Kier alpha value is -3.17. The lowest BCUT2D eigenvalue weighted by Gasteiger charge is -2.58. The van der Waals surface area contributed by atoms with Crippen LogP contribution >= 0.6 is 0 Å². The minimum absolute atomic E-state index is 0.0134. The van der Waals surface area contributed by atoms with E-state index in [1.165, 1.54) is 0 Å². The molecule has 1 aromatic carbocycles. The van der Waals surface area contributed by atoms with Crippen LogP contribution in [0, 0.1) is 17.8 Å². The highest BCUT2D eigenvalue weighted by Crippen LogP contribution is 2.43. The molecule has 2 fully saturated rings. The van der Waals surface area contributed by atoms with Crippen LogP contribution in [0.3, 0.4) is 0 Å². The molecule has 0 spiro atoms. The number of benzene rings is 1. The number of pyridine rings is 1. The fourth-order valence-corrected chi connectivity index (χ4v) is 4.45. The number of aromatic nitrogens is 1. The van der Waals surface area contributed by atoms with Crippen molar-refractivity contribution in [3.05, 3.63) is 65.5 Å². The van der Waals surface area contributed by atoms with Gasteiger partial charge in [-0.05, 0) is 35.7 Å². The number of hydrogen-bond acceptors (Lipinski definition) is 4. The summed E-state index contributed by atoms with van der Waals surface area (Å²) < 4.78 is 0. The predicted molar refractivity (Wildman–Crippen MR) is 117 cm³/mol. The van der Waals surface area contributed by atoms with Crippen molar-refractivity contribution in [1.82, 2.24) is 14.8 Å². The SMILES string of the molecule is CC(C)CC#Cc1ccc([C@@H]2[C@@H](CO)N3C(=O)CN(C(=O)c4ccccn4)C[C@@H]23)cc1. The summed E-state index contributed by atoms with van der Waals surface area (Å²) in [6.07, 6.45) is 2.43. The highest BCUT2D eigenvalue weighted by molar-refractivity contribution is 5.96. The molecule has 6 nitrogen and oxygen atoms in total. The summed E-state index contributed by atoms with van der Waals surface area (Å²) in [5.74, 6) is 6.52. The zero-order chi connectivity index (χ0) is 22.0. The van der Waals surface area contributed by atoms with Gasteiger partial charge in [0.15, 0.2) is 0 Å². The summed E-state index contributed by atoms with van der Waals surface area (Å²) in [5.41, 5.74) is 2.34. The van der Waals surface area contributed by atoms with Crippen molar-refractivity contribution in [2.24, 2.45) is 5.92 Å². The lowest BCUT2D eigenvalue weighted by Crippen LogP contribution is -2.73. The Labute approximate surface area is 182 Å². The summed E-state index contributed by atoms with van der Waals surface area (Å²) in [7, 11) is 0. The van der Waals surface area contributed by atoms with Gasteiger partial charge in [-0.2, -0.15) is 0 Å². The highest BCUT2D eigenvalue weighted by atomic mass is 16.3. The number of aliphatic hydroxyl groups excluding tert-OH is 1. The molecule has 0 radical (unpaired) electrons. The third-order valence-electron chi connectivity index (χ3n) is 5.96. The molecule has 0 aliphatic carbocycles. The number of carbonyl (C=O) groups is 2. The zero-order valence-corrected chi connectivity index (χ0v) is 17.9.